The topological polar surface area (TPSA) is 49.5 Å². The molecule has 0 spiro atoms. The van der Waals surface area contributed by atoms with E-state index in [1.807, 2.05) is 12.1 Å². The predicted octanol–water partition coefficient (Wildman–Crippen LogP) is 2.84. The predicted molar refractivity (Wildman–Crippen MR) is 80.4 cm³/mol. The van der Waals surface area contributed by atoms with Crippen molar-refractivity contribution < 1.29 is 5.11 Å². The zero-order valence-corrected chi connectivity index (χ0v) is 12.2. The largest absolute Gasteiger partial charge is 0.508 e. The van der Waals surface area contributed by atoms with Gasteiger partial charge in [0, 0.05) is 25.3 Å². The summed E-state index contributed by atoms with van der Waals surface area (Å²) in [5, 5.41) is 9.33. The van der Waals surface area contributed by atoms with Gasteiger partial charge in [0.1, 0.15) is 5.75 Å². The van der Waals surface area contributed by atoms with Crippen LogP contribution >= 0.6 is 0 Å². The van der Waals surface area contributed by atoms with Crippen molar-refractivity contribution in [2.75, 3.05) is 18.5 Å². The van der Waals surface area contributed by atoms with E-state index in [1.165, 1.54) is 6.42 Å². The van der Waals surface area contributed by atoms with Crippen LogP contribution in [0.5, 0.6) is 5.75 Å². The maximum absolute atomic E-state index is 9.33. The van der Waals surface area contributed by atoms with Crippen molar-refractivity contribution in [3.8, 4) is 5.75 Å². The molecule has 1 saturated carbocycles. The number of nitrogens with two attached hydrogens (primary N) is 1. The van der Waals surface area contributed by atoms with Gasteiger partial charge in [0.05, 0.1) is 0 Å². The smallest absolute Gasteiger partial charge is 0.115 e. The van der Waals surface area contributed by atoms with Gasteiger partial charge in [-0.05, 0) is 54.9 Å². The molecule has 1 aliphatic rings. The molecule has 2 rings (SSSR count). The van der Waals surface area contributed by atoms with E-state index in [4.69, 9.17) is 5.73 Å². The molecule has 3 heteroatoms. The Labute approximate surface area is 116 Å². The summed E-state index contributed by atoms with van der Waals surface area (Å²) in [5.41, 5.74) is 7.48. The number of hydrogen-bond donors (Lipinski definition) is 2. The average molecular weight is 262 g/mol. The Balaban J connectivity index is 2.01. The SMILES string of the molecule is CC1CC(C)C(CN(C)c2ccc(O)cc2)C(N)C1. The number of nitrogens with zero attached hydrogens (tertiary/aromatic N) is 1. The molecule has 0 amide bonds. The van der Waals surface area contributed by atoms with Crippen molar-refractivity contribution in [3.05, 3.63) is 24.3 Å². The monoisotopic (exact) mass is 262 g/mol. The van der Waals surface area contributed by atoms with Gasteiger partial charge in [-0.15, -0.1) is 0 Å². The Morgan fingerprint density at radius 1 is 1.21 bits per heavy atom. The highest BCUT2D eigenvalue weighted by Gasteiger charge is 2.32. The van der Waals surface area contributed by atoms with Crippen LogP contribution in [0.4, 0.5) is 5.69 Å². The van der Waals surface area contributed by atoms with E-state index < -0.39 is 0 Å². The van der Waals surface area contributed by atoms with Crippen molar-refractivity contribution in [1.82, 2.24) is 0 Å². The van der Waals surface area contributed by atoms with E-state index in [9.17, 15) is 5.11 Å². The highest BCUT2D eigenvalue weighted by Crippen LogP contribution is 2.33. The number of aromatic hydroxyl groups is 1. The van der Waals surface area contributed by atoms with Crippen LogP contribution in [-0.4, -0.2) is 24.7 Å². The van der Waals surface area contributed by atoms with E-state index in [2.05, 4.69) is 25.8 Å². The first-order valence-corrected chi connectivity index (χ1v) is 7.23. The zero-order chi connectivity index (χ0) is 14.0. The minimum atomic E-state index is 0.304. The first kappa shape index (κ1) is 14.2. The molecule has 1 aliphatic carbocycles. The molecule has 4 unspecified atom stereocenters. The van der Waals surface area contributed by atoms with Crippen LogP contribution in [0.3, 0.4) is 0 Å². The number of phenols is 1. The van der Waals surface area contributed by atoms with Crippen molar-refractivity contribution in [2.24, 2.45) is 23.5 Å². The molecule has 19 heavy (non-hydrogen) atoms. The van der Waals surface area contributed by atoms with Gasteiger partial charge in [0.15, 0.2) is 0 Å². The van der Waals surface area contributed by atoms with Gasteiger partial charge in [-0.25, -0.2) is 0 Å². The second kappa shape index (κ2) is 5.83. The highest BCUT2D eigenvalue weighted by molar-refractivity contribution is 5.48. The normalized spacial score (nSPS) is 31.2. The molecule has 1 aromatic carbocycles. The van der Waals surface area contributed by atoms with Gasteiger partial charge in [-0.2, -0.15) is 0 Å². The summed E-state index contributed by atoms with van der Waals surface area (Å²) >= 11 is 0. The number of anilines is 1. The molecule has 4 atom stereocenters. The summed E-state index contributed by atoms with van der Waals surface area (Å²) in [5.74, 6) is 2.29. The molecule has 0 aliphatic heterocycles. The molecule has 3 nitrogen and oxygen atoms in total. The maximum Gasteiger partial charge on any atom is 0.115 e. The van der Waals surface area contributed by atoms with Gasteiger partial charge >= 0.3 is 0 Å². The summed E-state index contributed by atoms with van der Waals surface area (Å²) in [6, 6.07) is 7.68. The standard InChI is InChI=1S/C16H26N2O/c1-11-8-12(2)15(16(17)9-11)10-18(3)13-4-6-14(19)7-5-13/h4-7,11-12,15-16,19H,8-10,17H2,1-3H3. The van der Waals surface area contributed by atoms with Crippen molar-refractivity contribution >= 4 is 5.69 Å². The molecule has 1 aromatic rings. The van der Waals surface area contributed by atoms with Gasteiger partial charge in [-0.3, -0.25) is 0 Å². The van der Waals surface area contributed by atoms with E-state index in [0.717, 1.165) is 24.6 Å². The minimum absolute atomic E-state index is 0.304. The van der Waals surface area contributed by atoms with Crippen LogP contribution in [0, 0.1) is 17.8 Å². The van der Waals surface area contributed by atoms with Crippen LogP contribution in [0.15, 0.2) is 24.3 Å². The third kappa shape index (κ3) is 3.41. The van der Waals surface area contributed by atoms with Crippen LogP contribution in [0.2, 0.25) is 0 Å². The van der Waals surface area contributed by atoms with Crippen LogP contribution in [0.25, 0.3) is 0 Å². The number of phenolic OH excluding ortho intramolecular Hbond substituents is 1. The molecule has 0 bridgehead atoms. The zero-order valence-electron chi connectivity index (χ0n) is 12.2. The third-order valence-corrected chi connectivity index (χ3v) is 4.50. The summed E-state index contributed by atoms with van der Waals surface area (Å²) in [6.45, 7) is 5.61. The Morgan fingerprint density at radius 3 is 2.42 bits per heavy atom. The molecule has 0 radical (unpaired) electrons. The van der Waals surface area contributed by atoms with Crippen LogP contribution in [-0.2, 0) is 0 Å². The average Bonchev–Trinajstić information content (AvgIpc) is 2.34. The van der Waals surface area contributed by atoms with E-state index in [0.29, 0.717) is 23.6 Å². The Bertz CT molecular complexity index is 392. The molecular weight excluding hydrogens is 236 g/mol. The molecular formula is C16H26N2O. The summed E-state index contributed by atoms with van der Waals surface area (Å²) in [6.07, 6.45) is 2.42. The second-order valence-electron chi connectivity index (χ2n) is 6.28. The lowest BCUT2D eigenvalue weighted by Crippen LogP contribution is -2.46. The second-order valence-corrected chi connectivity index (χ2v) is 6.28. The first-order chi connectivity index (χ1) is 8.97. The van der Waals surface area contributed by atoms with Crippen LogP contribution < -0.4 is 10.6 Å². The quantitative estimate of drug-likeness (QED) is 0.880. The van der Waals surface area contributed by atoms with Gasteiger partial charge in [-0.1, -0.05) is 13.8 Å². The maximum atomic E-state index is 9.33. The van der Waals surface area contributed by atoms with Gasteiger partial charge in [0.25, 0.3) is 0 Å². The summed E-state index contributed by atoms with van der Waals surface area (Å²) in [4.78, 5) is 2.25. The molecule has 1 fully saturated rings. The summed E-state index contributed by atoms with van der Waals surface area (Å²) < 4.78 is 0. The molecule has 0 saturated heterocycles. The van der Waals surface area contributed by atoms with Gasteiger partial charge in [0.2, 0.25) is 0 Å². The van der Waals surface area contributed by atoms with Crippen LogP contribution in [0.1, 0.15) is 26.7 Å². The minimum Gasteiger partial charge on any atom is -0.508 e. The van der Waals surface area contributed by atoms with Crippen molar-refractivity contribution in [3.63, 3.8) is 0 Å². The Kier molecular flexibility index (Phi) is 4.35. The number of rotatable bonds is 3. The third-order valence-electron chi connectivity index (χ3n) is 4.50. The molecule has 3 N–H and O–H groups in total. The lowest BCUT2D eigenvalue weighted by Gasteiger charge is -2.40. The Morgan fingerprint density at radius 2 is 1.84 bits per heavy atom. The van der Waals surface area contributed by atoms with Crippen molar-refractivity contribution in [1.29, 1.82) is 0 Å². The summed E-state index contributed by atoms with van der Waals surface area (Å²) in [7, 11) is 2.10. The van der Waals surface area contributed by atoms with Crippen molar-refractivity contribution in [2.45, 2.75) is 32.7 Å². The lowest BCUT2D eigenvalue weighted by molar-refractivity contribution is 0.178. The van der Waals surface area contributed by atoms with Gasteiger partial charge < -0.3 is 15.7 Å². The fourth-order valence-corrected chi connectivity index (χ4v) is 3.41. The number of hydrogen-bond acceptors (Lipinski definition) is 3. The lowest BCUT2D eigenvalue weighted by atomic mass is 9.72. The van der Waals surface area contributed by atoms with E-state index >= 15 is 0 Å². The molecule has 0 aromatic heterocycles. The Hall–Kier alpha value is -1.22. The van der Waals surface area contributed by atoms with E-state index in [1.54, 1.807) is 12.1 Å². The highest BCUT2D eigenvalue weighted by atomic mass is 16.3. The molecule has 0 heterocycles. The first-order valence-electron chi connectivity index (χ1n) is 7.23. The van der Waals surface area contributed by atoms with E-state index in [-0.39, 0.29) is 0 Å². The number of benzene rings is 1. The fraction of sp³-hybridized carbons (Fsp3) is 0.625. The fourth-order valence-electron chi connectivity index (χ4n) is 3.41. The molecule has 106 valence electrons.